The van der Waals surface area contributed by atoms with Gasteiger partial charge >= 0.3 is 61.4 Å². The number of para-hydroxylation sites is 1. The molecule has 0 bridgehead atoms. The van der Waals surface area contributed by atoms with Crippen molar-refractivity contribution in [2.45, 2.75) is 277 Å². The van der Waals surface area contributed by atoms with Crippen molar-refractivity contribution >= 4 is 116 Å². The first-order valence-corrected chi connectivity index (χ1v) is 58.0. The largest absolute Gasteiger partial charge is 0.497 e. The van der Waals surface area contributed by atoms with E-state index in [2.05, 4.69) is 158 Å². The van der Waals surface area contributed by atoms with E-state index >= 15 is 0 Å². The summed E-state index contributed by atoms with van der Waals surface area (Å²) in [5, 5.41) is -14.4. The van der Waals surface area contributed by atoms with Crippen LogP contribution in [0.3, 0.4) is 0 Å². The van der Waals surface area contributed by atoms with Crippen LogP contribution in [0.2, 0.25) is 0 Å². The van der Waals surface area contributed by atoms with Crippen LogP contribution in [0.1, 0.15) is 176 Å². The van der Waals surface area contributed by atoms with Crippen molar-refractivity contribution in [3.05, 3.63) is 219 Å². The van der Waals surface area contributed by atoms with Crippen molar-refractivity contribution < 1.29 is 159 Å². The molecule has 0 radical (unpaired) electrons. The molecule has 144 heavy (non-hydrogen) atoms. The predicted octanol–water partition coefficient (Wildman–Crippen LogP) is 22.3. The van der Waals surface area contributed by atoms with Gasteiger partial charge in [0.05, 0.1) is 70.7 Å². The molecule has 2 fully saturated rings. The van der Waals surface area contributed by atoms with Crippen molar-refractivity contribution in [2.24, 2.45) is 17.8 Å². The highest BCUT2D eigenvalue weighted by molar-refractivity contribution is 8.29. The highest BCUT2D eigenvalue weighted by Gasteiger charge is 2.81. The molecule has 806 valence electrons. The third-order valence-corrected chi connectivity index (χ3v) is 41.0. The fourth-order valence-electron chi connectivity index (χ4n) is 13.7. The number of carbonyl (C=O) groups excluding carboxylic acids is 4. The monoisotopic (exact) mass is 2220 g/mol. The topological polar surface area (TPSA) is 346 Å². The molecule has 1 aliphatic carbocycles. The molecule has 0 N–H and O–H groups in total. The zero-order valence-electron chi connectivity index (χ0n) is 83.3. The predicted molar refractivity (Wildman–Crippen MR) is 528 cm³/mol. The number of amides is 1. The van der Waals surface area contributed by atoms with Crippen LogP contribution in [0.4, 0.5) is 61.5 Å². The molecule has 24 nitrogen and oxygen atoms in total. The number of benzene rings is 7. The van der Waals surface area contributed by atoms with Gasteiger partial charge in [-0.2, -0.15) is 69.9 Å². The van der Waals surface area contributed by atoms with E-state index in [4.69, 9.17) is 23.7 Å². The maximum absolute atomic E-state index is 13.7. The van der Waals surface area contributed by atoms with Crippen molar-refractivity contribution in [3.63, 3.8) is 0 Å². The van der Waals surface area contributed by atoms with E-state index < -0.39 is 153 Å². The lowest BCUT2D eigenvalue weighted by Crippen LogP contribution is -2.61. The number of methoxy groups -OCH3 is 2. The van der Waals surface area contributed by atoms with E-state index in [1.807, 2.05) is 109 Å². The molecule has 0 aromatic heterocycles. The molecular weight excluding hydrogens is 2100 g/mol. The van der Waals surface area contributed by atoms with Gasteiger partial charge in [0.25, 0.3) is 5.91 Å². The van der Waals surface area contributed by atoms with Crippen LogP contribution in [0.15, 0.2) is 218 Å². The molecule has 47 heteroatoms. The number of rotatable bonds is 34. The fraction of sp³-hybridized carbons (Fsp3) is 0.495. The van der Waals surface area contributed by atoms with Crippen LogP contribution in [-0.2, 0) is 126 Å². The highest BCUT2D eigenvalue weighted by atomic mass is 32.3. The molecule has 2 aliphatic rings. The number of carbonyl (C=O) groups is 4. The van der Waals surface area contributed by atoms with Crippen LogP contribution in [0.5, 0.6) is 17.2 Å². The number of sulfone groups is 3. The molecule has 3 unspecified atom stereocenters. The molecule has 1 aliphatic heterocycles. The van der Waals surface area contributed by atoms with Gasteiger partial charge < -0.3 is 36.9 Å². The number of ether oxygens (including phenoxy) is 5. The Hall–Kier alpha value is -8.71. The average Bonchev–Trinajstić information content (AvgIpc) is 0.826. The van der Waals surface area contributed by atoms with Gasteiger partial charge in [-0.25, -0.2) is 31.2 Å². The van der Waals surface area contributed by atoms with Gasteiger partial charge in [0.1, 0.15) is 34.1 Å². The summed E-state index contributed by atoms with van der Waals surface area (Å²) in [6.07, 6.45) is 11.3. The van der Waals surface area contributed by atoms with E-state index in [1.165, 1.54) is 63.4 Å². The standard InChI is InChI=1S/C27H35O4S.C27H39O2S.C21H27O2S.C10H8F6NO7S3.C8H13F2NO.C4H3F6O6S3/c1-6-27(2,3)31-26(28)25(20-10-8-7-9-11-20)32(23-16-12-21(29-4)13-17-23)24-18-14-22(30-5)15-19-24;1-17(2)25(26(28)29-27(9,10)18(3)4)30(23-13-11-19(5)15-21(23)7)24-14-12-20(6)16-22(24)8;1-5-12-19(20(22)23-21(2,3)4)24(17-13-8-6-9-14-17)18-15-10-7-11-16-18;1-25(18,19)17-26(20,21)9(13,14)8(11,12)10(15,16)27(22,23)24-7-5-3-2-4-6-7;1-8(9,10)7(12)11-5-3-2-4-6-11;1-17(11,12)2(18(13,14)3(5,6)7)19(15,16)4(8,9)10/h6,12-20,25H,1,7-11H2,2-5H3;11-18,25H,1-10H3;6-11,13-16,19H,5,12H2,1-4H3;2-6H,1H3;2-6H2,1H3;1H3/q3*+1;-1;;-1. The van der Waals surface area contributed by atoms with Gasteiger partial charge in [-0.3, -0.25) is 30.0 Å². The zero-order chi connectivity index (χ0) is 110. The maximum Gasteiger partial charge on any atom is 0.470 e. The lowest BCUT2D eigenvalue weighted by molar-refractivity contribution is -0.245. The molecule has 9 rings (SSSR count). The number of hydrogen-bond donors (Lipinski definition) is 0. The van der Waals surface area contributed by atoms with Crippen molar-refractivity contribution in [3.8, 4) is 17.2 Å². The minimum atomic E-state index is -7.22. The van der Waals surface area contributed by atoms with Crippen molar-refractivity contribution in [1.29, 1.82) is 0 Å². The Balaban J connectivity index is 0.000000367. The Labute approximate surface area is 845 Å². The SMILES string of the molecule is C=CC(C)(C)OC(=O)C(C1CCCCC1)[S+](c1ccc(OC)cc1)c1ccc(OC)cc1.CC(F)(F)C(=O)N1CCCCC1.CCCC(C(=O)OC(C)(C)C)[S+](c1ccccc1)c1ccccc1.CS(=O)(=O)[C-](S(=O)(=O)C(F)(F)F)S(=O)(=O)C(F)(F)F.CS(=O)(=O)[N-]S(=O)(=O)C(F)(F)C(F)(F)C(F)(F)S(=O)(=O)Oc1ccccc1.Cc1ccc([S+](c2ccc(C)cc2C)C(C(=O)OC(C)(C)C(C)C)C(C)C)c(C)c1. The first-order valence-electron chi connectivity index (χ1n) is 44.5. The fourth-order valence-corrected chi connectivity index (χ4v) is 30.8. The number of likely N-dealkylation sites (tertiary alicyclic amines) is 1. The lowest BCUT2D eigenvalue weighted by atomic mass is 9.86. The molecule has 7 aromatic carbocycles. The summed E-state index contributed by atoms with van der Waals surface area (Å²) >= 11 is 0. The van der Waals surface area contributed by atoms with Crippen LogP contribution in [0.25, 0.3) is 4.13 Å². The third kappa shape index (κ3) is 35.2. The van der Waals surface area contributed by atoms with Crippen LogP contribution < -0.4 is 13.7 Å². The number of alkyl halides is 14. The molecule has 0 spiro atoms. The van der Waals surface area contributed by atoms with E-state index in [1.54, 1.807) is 20.3 Å². The lowest BCUT2D eigenvalue weighted by Gasteiger charge is -2.34. The Morgan fingerprint density at radius 3 is 1.22 bits per heavy atom. The second kappa shape index (κ2) is 52.0. The minimum Gasteiger partial charge on any atom is -0.497 e. The van der Waals surface area contributed by atoms with Gasteiger partial charge in [0, 0.05) is 61.9 Å². The molecule has 3 atom stereocenters. The number of esters is 3. The first kappa shape index (κ1) is 128. The third-order valence-electron chi connectivity index (χ3n) is 21.4. The Morgan fingerprint density at radius 1 is 0.486 bits per heavy atom. The summed E-state index contributed by atoms with van der Waals surface area (Å²) in [6.45, 7) is 38.2. The number of halogens is 14. The van der Waals surface area contributed by atoms with Gasteiger partial charge in [0.15, 0.2) is 59.1 Å². The summed E-state index contributed by atoms with van der Waals surface area (Å²) in [7, 11) is -37.5. The zero-order valence-corrected chi connectivity index (χ0v) is 90.7. The van der Waals surface area contributed by atoms with Gasteiger partial charge in [-0.05, 0) is 217 Å². The summed E-state index contributed by atoms with van der Waals surface area (Å²) in [5.41, 5.74) is -9.77. The molecular formula is C97H125F14N2O22S9+. The van der Waals surface area contributed by atoms with E-state index in [-0.39, 0.29) is 68.6 Å². The molecule has 1 saturated carbocycles. The average molecular weight is 2230 g/mol. The number of piperidine rings is 1. The van der Waals surface area contributed by atoms with Crippen LogP contribution in [-0.4, -0.2) is 185 Å². The maximum atomic E-state index is 13.7. The summed E-state index contributed by atoms with van der Waals surface area (Å²) in [5.74, 6) is -10.4. The Bertz CT molecular complexity index is 5950. The molecule has 1 heterocycles. The normalized spacial score (nSPS) is 14.9. The van der Waals surface area contributed by atoms with E-state index in [0.29, 0.717) is 32.1 Å². The quantitative estimate of drug-likeness (QED) is 0.00687. The molecule has 1 amide bonds. The van der Waals surface area contributed by atoms with Crippen molar-refractivity contribution in [2.75, 3.05) is 39.8 Å². The van der Waals surface area contributed by atoms with Crippen LogP contribution >= 0.6 is 0 Å². The van der Waals surface area contributed by atoms with E-state index in [0.717, 1.165) is 91.2 Å². The highest BCUT2D eigenvalue weighted by Crippen LogP contribution is 2.54. The van der Waals surface area contributed by atoms with Crippen LogP contribution in [0, 0.1) is 49.4 Å². The number of aryl methyl sites for hydroxylation is 4. The molecule has 1 saturated heterocycles. The van der Waals surface area contributed by atoms with Gasteiger partial charge in [0.2, 0.25) is 15.7 Å². The molecule has 7 aromatic rings. The summed E-state index contributed by atoms with van der Waals surface area (Å²) < 4.78 is 340. The second-order valence-electron chi connectivity index (χ2n) is 36.1. The van der Waals surface area contributed by atoms with E-state index in [9.17, 15) is 131 Å². The minimum absolute atomic E-state index is 0.0908. The number of hydrogen-bond acceptors (Lipinski definition) is 22. The second-order valence-corrected chi connectivity index (χ2v) is 54.1. The van der Waals surface area contributed by atoms with Crippen molar-refractivity contribution in [1.82, 2.24) is 4.90 Å². The number of nitrogens with zero attached hydrogens (tertiary/aromatic N) is 2. The summed E-state index contributed by atoms with van der Waals surface area (Å²) in [4.78, 5) is 59.6. The summed E-state index contributed by atoms with van der Waals surface area (Å²) in [6, 6.07) is 54.7. The van der Waals surface area contributed by atoms with Gasteiger partial charge in [-0.15, -0.1) is 0 Å². The Morgan fingerprint density at radius 2 is 0.882 bits per heavy atom. The van der Waals surface area contributed by atoms with Gasteiger partial charge in [-0.1, -0.05) is 157 Å². The smallest absolute Gasteiger partial charge is 0.470 e. The first-order chi connectivity index (χ1) is 65.8. The Kier molecular flexibility index (Phi) is 46.0. The number of sulfonamides is 2.